The minimum Gasteiger partial charge on any atom is -0.365 e. The van der Waals surface area contributed by atoms with Crippen molar-refractivity contribution in [3.8, 4) is 0 Å². The van der Waals surface area contributed by atoms with Crippen LogP contribution in [-0.4, -0.2) is 23.3 Å². The molecule has 2 amide bonds. The number of rotatable bonds is 3. The molecule has 0 bridgehead atoms. The molecular weight excluding hydrogens is 308 g/mol. The molecule has 1 saturated heterocycles. The first kappa shape index (κ1) is 15.7. The molecular formula is C18H20N2O2S. The van der Waals surface area contributed by atoms with E-state index in [1.54, 1.807) is 12.1 Å². The van der Waals surface area contributed by atoms with Crippen molar-refractivity contribution in [2.24, 2.45) is 5.73 Å². The van der Waals surface area contributed by atoms with Gasteiger partial charge in [-0.15, -0.1) is 11.3 Å². The fraction of sp³-hybridized carbons (Fsp3) is 0.333. The van der Waals surface area contributed by atoms with Gasteiger partial charge in [-0.2, -0.15) is 0 Å². The van der Waals surface area contributed by atoms with Crippen LogP contribution < -0.4 is 5.73 Å². The maximum atomic E-state index is 12.8. The molecule has 3 rings (SSSR count). The first-order valence-electron chi connectivity index (χ1n) is 7.75. The summed E-state index contributed by atoms with van der Waals surface area (Å²) in [7, 11) is 0. The molecule has 0 aliphatic carbocycles. The van der Waals surface area contributed by atoms with Crippen LogP contribution in [0.1, 0.15) is 54.9 Å². The van der Waals surface area contributed by atoms with Crippen LogP contribution in [0.3, 0.4) is 0 Å². The Bertz CT molecular complexity index is 766. The summed E-state index contributed by atoms with van der Waals surface area (Å²) in [5.74, 6) is -0.493. The van der Waals surface area contributed by atoms with Crippen molar-refractivity contribution >= 4 is 23.2 Å². The number of primary amides is 1. The Morgan fingerprint density at radius 3 is 2.61 bits per heavy atom. The second-order valence-electron chi connectivity index (χ2n) is 6.04. The van der Waals surface area contributed by atoms with E-state index >= 15 is 0 Å². The molecule has 4 nitrogen and oxygen atoms in total. The lowest BCUT2D eigenvalue weighted by Gasteiger charge is -2.26. The fourth-order valence-corrected chi connectivity index (χ4v) is 3.99. The highest BCUT2D eigenvalue weighted by Gasteiger charge is 2.32. The number of nitrogens with two attached hydrogens (primary N) is 1. The zero-order chi connectivity index (χ0) is 16.6. The van der Waals surface area contributed by atoms with E-state index in [9.17, 15) is 9.59 Å². The van der Waals surface area contributed by atoms with Crippen molar-refractivity contribution < 1.29 is 9.59 Å². The lowest BCUT2D eigenvalue weighted by molar-refractivity contribution is 0.0740. The van der Waals surface area contributed by atoms with Crippen LogP contribution in [0.5, 0.6) is 0 Å². The smallest absolute Gasteiger partial charge is 0.264 e. The summed E-state index contributed by atoms with van der Waals surface area (Å²) in [6, 6.07) is 9.82. The summed E-state index contributed by atoms with van der Waals surface area (Å²) >= 11 is 1.17. The average Bonchev–Trinajstić information content (AvgIpc) is 3.17. The van der Waals surface area contributed by atoms with E-state index in [1.807, 2.05) is 4.90 Å². The van der Waals surface area contributed by atoms with Crippen molar-refractivity contribution in [1.82, 2.24) is 4.90 Å². The molecule has 1 aromatic carbocycles. The lowest BCUT2D eigenvalue weighted by atomic mass is 9.97. The van der Waals surface area contributed by atoms with Gasteiger partial charge in [-0.3, -0.25) is 9.59 Å². The topological polar surface area (TPSA) is 63.4 Å². The van der Waals surface area contributed by atoms with Crippen LogP contribution in [0.15, 0.2) is 30.3 Å². The van der Waals surface area contributed by atoms with Crippen molar-refractivity contribution in [2.45, 2.75) is 32.7 Å². The first-order valence-corrected chi connectivity index (χ1v) is 8.57. The van der Waals surface area contributed by atoms with Gasteiger partial charge in [-0.25, -0.2) is 0 Å². The summed E-state index contributed by atoms with van der Waals surface area (Å²) in [5.41, 5.74) is 8.92. The molecule has 23 heavy (non-hydrogen) atoms. The predicted molar refractivity (Wildman–Crippen MR) is 91.8 cm³/mol. The third kappa shape index (κ3) is 3.01. The summed E-state index contributed by atoms with van der Waals surface area (Å²) < 4.78 is 0. The molecule has 0 spiro atoms. The van der Waals surface area contributed by atoms with E-state index in [2.05, 4.69) is 32.0 Å². The Labute approximate surface area is 139 Å². The van der Waals surface area contributed by atoms with Gasteiger partial charge in [0.1, 0.15) is 0 Å². The molecule has 120 valence electrons. The van der Waals surface area contributed by atoms with E-state index in [0.29, 0.717) is 9.75 Å². The summed E-state index contributed by atoms with van der Waals surface area (Å²) in [5, 5.41) is 0. The van der Waals surface area contributed by atoms with Gasteiger partial charge in [0.15, 0.2) is 0 Å². The van der Waals surface area contributed by atoms with Gasteiger partial charge in [0.2, 0.25) is 0 Å². The van der Waals surface area contributed by atoms with E-state index in [4.69, 9.17) is 5.73 Å². The van der Waals surface area contributed by atoms with E-state index in [0.717, 1.165) is 19.4 Å². The maximum Gasteiger partial charge on any atom is 0.264 e. The summed E-state index contributed by atoms with van der Waals surface area (Å²) in [6.45, 7) is 4.91. The van der Waals surface area contributed by atoms with Crippen LogP contribution in [0.25, 0.3) is 0 Å². The van der Waals surface area contributed by atoms with Gasteiger partial charge in [-0.05, 0) is 49.9 Å². The molecule has 1 aliphatic heterocycles. The largest absolute Gasteiger partial charge is 0.365 e. The van der Waals surface area contributed by atoms with E-state index in [-0.39, 0.29) is 11.9 Å². The second kappa shape index (κ2) is 6.16. The standard InChI is InChI=1S/C18H20N2O2S/c1-11-5-6-12(2)13(10-11)14-4-3-9-20(14)18(22)16-8-7-15(23-16)17(19)21/h5-8,10,14H,3-4,9H2,1-2H3,(H2,19,21). The minimum absolute atomic E-state index is 0.00842. The normalized spacial score (nSPS) is 17.5. The minimum atomic E-state index is -0.485. The molecule has 2 heterocycles. The third-order valence-electron chi connectivity index (χ3n) is 4.37. The molecule has 1 aliphatic rings. The Morgan fingerprint density at radius 2 is 1.91 bits per heavy atom. The van der Waals surface area contributed by atoms with Gasteiger partial charge >= 0.3 is 0 Å². The Balaban J connectivity index is 1.90. The van der Waals surface area contributed by atoms with Crippen molar-refractivity contribution in [3.63, 3.8) is 0 Å². The second-order valence-corrected chi connectivity index (χ2v) is 7.13. The van der Waals surface area contributed by atoms with Gasteiger partial charge in [0.05, 0.1) is 15.8 Å². The number of amides is 2. The van der Waals surface area contributed by atoms with Crippen molar-refractivity contribution in [2.75, 3.05) is 6.54 Å². The summed E-state index contributed by atoms with van der Waals surface area (Å²) in [6.07, 6.45) is 1.97. The predicted octanol–water partition coefficient (Wildman–Crippen LogP) is 3.44. The number of benzene rings is 1. The molecule has 1 fully saturated rings. The summed E-state index contributed by atoms with van der Waals surface area (Å²) in [4.78, 5) is 27.0. The average molecular weight is 328 g/mol. The Morgan fingerprint density at radius 1 is 1.17 bits per heavy atom. The highest BCUT2D eigenvalue weighted by Crippen LogP contribution is 2.36. The van der Waals surface area contributed by atoms with E-state index < -0.39 is 5.91 Å². The van der Waals surface area contributed by atoms with Crippen molar-refractivity contribution in [3.05, 3.63) is 56.8 Å². The molecule has 1 unspecified atom stereocenters. The number of hydrogen-bond acceptors (Lipinski definition) is 3. The number of nitrogens with zero attached hydrogens (tertiary/aromatic N) is 1. The number of thiophene rings is 1. The van der Waals surface area contributed by atoms with Crippen LogP contribution in [0.4, 0.5) is 0 Å². The number of aryl methyl sites for hydroxylation is 2. The zero-order valence-electron chi connectivity index (χ0n) is 13.3. The highest BCUT2D eigenvalue weighted by atomic mass is 32.1. The van der Waals surface area contributed by atoms with Crippen LogP contribution in [0.2, 0.25) is 0 Å². The van der Waals surface area contributed by atoms with Crippen LogP contribution in [-0.2, 0) is 0 Å². The zero-order valence-corrected chi connectivity index (χ0v) is 14.2. The van der Waals surface area contributed by atoms with Gasteiger partial charge in [0, 0.05) is 6.54 Å². The molecule has 1 aromatic heterocycles. The first-order chi connectivity index (χ1) is 11.0. The Hall–Kier alpha value is -2.14. The molecule has 5 heteroatoms. The Kier molecular flexibility index (Phi) is 4.22. The number of carbonyl (C=O) groups excluding carboxylic acids is 2. The van der Waals surface area contributed by atoms with Crippen LogP contribution in [0, 0.1) is 13.8 Å². The third-order valence-corrected chi connectivity index (χ3v) is 5.45. The number of hydrogen-bond donors (Lipinski definition) is 1. The van der Waals surface area contributed by atoms with E-state index in [1.165, 1.54) is 28.0 Å². The quantitative estimate of drug-likeness (QED) is 0.938. The highest BCUT2D eigenvalue weighted by molar-refractivity contribution is 7.15. The number of likely N-dealkylation sites (tertiary alicyclic amines) is 1. The lowest BCUT2D eigenvalue weighted by Crippen LogP contribution is -2.30. The van der Waals surface area contributed by atoms with Gasteiger partial charge in [-0.1, -0.05) is 23.8 Å². The van der Waals surface area contributed by atoms with Crippen molar-refractivity contribution in [1.29, 1.82) is 0 Å². The monoisotopic (exact) mass is 328 g/mol. The number of carbonyl (C=O) groups is 2. The molecule has 0 radical (unpaired) electrons. The SMILES string of the molecule is Cc1ccc(C)c(C2CCCN2C(=O)c2ccc(C(N)=O)s2)c1. The van der Waals surface area contributed by atoms with Crippen LogP contribution >= 0.6 is 11.3 Å². The molecule has 1 atom stereocenters. The maximum absolute atomic E-state index is 12.8. The molecule has 2 N–H and O–H groups in total. The molecule has 0 saturated carbocycles. The van der Waals surface area contributed by atoms with Gasteiger partial charge in [0.25, 0.3) is 11.8 Å². The molecule has 2 aromatic rings. The van der Waals surface area contributed by atoms with Gasteiger partial charge < -0.3 is 10.6 Å². The fourth-order valence-electron chi connectivity index (χ4n) is 3.18.